The molecular formula is C15H23FN2O. The zero-order valence-electron chi connectivity index (χ0n) is 11.9. The van der Waals surface area contributed by atoms with Gasteiger partial charge in [-0.25, -0.2) is 4.39 Å². The molecule has 0 aliphatic carbocycles. The van der Waals surface area contributed by atoms with E-state index in [1.165, 1.54) is 12.1 Å². The standard InChI is InChI=1S/C15H23FN2O/c1-4-12(17)8-18-9-15(10(2)3)19-14-6-5-11(16)7-13(14)18/h5-7,10,12,15H,4,8-9,17H2,1-3H3. The highest BCUT2D eigenvalue weighted by Crippen LogP contribution is 2.35. The zero-order chi connectivity index (χ0) is 14.0. The Morgan fingerprint density at radius 3 is 2.84 bits per heavy atom. The summed E-state index contributed by atoms with van der Waals surface area (Å²) in [5.41, 5.74) is 6.86. The van der Waals surface area contributed by atoms with E-state index in [0.717, 1.165) is 30.9 Å². The van der Waals surface area contributed by atoms with Crippen LogP contribution >= 0.6 is 0 Å². The summed E-state index contributed by atoms with van der Waals surface area (Å²) >= 11 is 0. The fourth-order valence-corrected chi connectivity index (χ4v) is 2.29. The highest BCUT2D eigenvalue weighted by atomic mass is 19.1. The molecule has 4 heteroatoms. The Morgan fingerprint density at radius 2 is 2.21 bits per heavy atom. The quantitative estimate of drug-likeness (QED) is 0.910. The van der Waals surface area contributed by atoms with Crippen LogP contribution in [0, 0.1) is 11.7 Å². The molecule has 0 saturated carbocycles. The van der Waals surface area contributed by atoms with Crippen molar-refractivity contribution in [3.05, 3.63) is 24.0 Å². The summed E-state index contributed by atoms with van der Waals surface area (Å²) in [5, 5.41) is 0. The van der Waals surface area contributed by atoms with Crippen molar-refractivity contribution in [3.8, 4) is 5.75 Å². The number of hydrogen-bond donors (Lipinski definition) is 1. The lowest BCUT2D eigenvalue weighted by Gasteiger charge is -2.39. The van der Waals surface area contributed by atoms with Gasteiger partial charge < -0.3 is 15.4 Å². The van der Waals surface area contributed by atoms with E-state index in [9.17, 15) is 4.39 Å². The third kappa shape index (κ3) is 3.18. The predicted molar refractivity (Wildman–Crippen MR) is 76.1 cm³/mol. The van der Waals surface area contributed by atoms with E-state index >= 15 is 0 Å². The molecule has 2 N–H and O–H groups in total. The van der Waals surface area contributed by atoms with Crippen LogP contribution in [0.3, 0.4) is 0 Å². The average molecular weight is 266 g/mol. The molecule has 19 heavy (non-hydrogen) atoms. The molecule has 1 aromatic rings. The van der Waals surface area contributed by atoms with Crippen LogP contribution in [0.15, 0.2) is 18.2 Å². The minimum absolute atomic E-state index is 0.0991. The molecule has 1 heterocycles. The molecule has 1 aromatic carbocycles. The molecule has 0 spiro atoms. The van der Waals surface area contributed by atoms with Gasteiger partial charge in [0.1, 0.15) is 17.7 Å². The first-order valence-corrected chi connectivity index (χ1v) is 6.98. The van der Waals surface area contributed by atoms with Gasteiger partial charge in [-0.1, -0.05) is 20.8 Å². The highest BCUT2D eigenvalue weighted by Gasteiger charge is 2.28. The number of hydrogen-bond acceptors (Lipinski definition) is 3. The molecule has 0 aromatic heterocycles. The van der Waals surface area contributed by atoms with Gasteiger partial charge in [0.25, 0.3) is 0 Å². The van der Waals surface area contributed by atoms with E-state index in [1.807, 2.05) is 0 Å². The molecule has 0 amide bonds. The Kier molecular flexibility index (Phi) is 4.30. The van der Waals surface area contributed by atoms with Crippen molar-refractivity contribution in [1.82, 2.24) is 0 Å². The maximum atomic E-state index is 13.4. The van der Waals surface area contributed by atoms with Crippen molar-refractivity contribution in [3.63, 3.8) is 0 Å². The van der Waals surface area contributed by atoms with Crippen molar-refractivity contribution in [2.75, 3.05) is 18.0 Å². The Bertz CT molecular complexity index is 436. The Hall–Kier alpha value is -1.29. The molecule has 2 atom stereocenters. The van der Waals surface area contributed by atoms with Crippen LogP contribution in [-0.4, -0.2) is 25.2 Å². The number of rotatable bonds is 4. The first-order valence-electron chi connectivity index (χ1n) is 6.98. The number of halogens is 1. The summed E-state index contributed by atoms with van der Waals surface area (Å²) in [6.07, 6.45) is 1.04. The number of benzene rings is 1. The van der Waals surface area contributed by atoms with Crippen LogP contribution in [0.5, 0.6) is 5.75 Å². The molecule has 0 radical (unpaired) electrons. The van der Waals surface area contributed by atoms with Gasteiger partial charge in [0.15, 0.2) is 0 Å². The predicted octanol–water partition coefficient (Wildman–Crippen LogP) is 2.79. The van der Waals surface area contributed by atoms with Crippen LogP contribution in [0.25, 0.3) is 0 Å². The summed E-state index contributed by atoms with van der Waals surface area (Å²) in [6.45, 7) is 7.84. The van der Waals surface area contributed by atoms with Gasteiger partial charge in [-0.2, -0.15) is 0 Å². The molecule has 0 saturated heterocycles. The lowest BCUT2D eigenvalue weighted by atomic mass is 10.0. The van der Waals surface area contributed by atoms with Gasteiger partial charge in [0.2, 0.25) is 0 Å². The number of ether oxygens (including phenoxy) is 1. The lowest BCUT2D eigenvalue weighted by molar-refractivity contribution is 0.145. The SMILES string of the molecule is CCC(N)CN1CC(C(C)C)Oc2ccc(F)cc21. The van der Waals surface area contributed by atoms with Gasteiger partial charge in [0.05, 0.1) is 12.2 Å². The van der Waals surface area contributed by atoms with Crippen LogP contribution in [0.4, 0.5) is 10.1 Å². The van der Waals surface area contributed by atoms with Crippen LogP contribution in [0.1, 0.15) is 27.2 Å². The summed E-state index contributed by atoms with van der Waals surface area (Å²) in [5.74, 6) is 0.939. The van der Waals surface area contributed by atoms with Crippen LogP contribution in [-0.2, 0) is 0 Å². The van der Waals surface area contributed by atoms with Crippen molar-refractivity contribution in [1.29, 1.82) is 0 Å². The average Bonchev–Trinajstić information content (AvgIpc) is 2.38. The third-order valence-electron chi connectivity index (χ3n) is 3.66. The minimum Gasteiger partial charge on any atom is -0.486 e. The second-order valence-electron chi connectivity index (χ2n) is 5.59. The van der Waals surface area contributed by atoms with Crippen molar-refractivity contribution in [2.24, 2.45) is 11.7 Å². The maximum Gasteiger partial charge on any atom is 0.143 e. The second kappa shape index (κ2) is 5.78. The van der Waals surface area contributed by atoms with Crippen molar-refractivity contribution >= 4 is 5.69 Å². The summed E-state index contributed by atoms with van der Waals surface area (Å²) < 4.78 is 19.4. The van der Waals surface area contributed by atoms with Gasteiger partial charge in [-0.15, -0.1) is 0 Å². The van der Waals surface area contributed by atoms with Gasteiger partial charge in [0, 0.05) is 18.7 Å². The van der Waals surface area contributed by atoms with Gasteiger partial charge >= 0.3 is 0 Å². The van der Waals surface area contributed by atoms with E-state index in [4.69, 9.17) is 10.5 Å². The number of fused-ring (bicyclic) bond motifs is 1. The smallest absolute Gasteiger partial charge is 0.143 e. The number of nitrogens with two attached hydrogens (primary N) is 1. The van der Waals surface area contributed by atoms with Crippen LogP contribution in [0.2, 0.25) is 0 Å². The molecule has 3 nitrogen and oxygen atoms in total. The Morgan fingerprint density at radius 1 is 1.47 bits per heavy atom. The Labute approximate surface area is 114 Å². The monoisotopic (exact) mass is 266 g/mol. The van der Waals surface area contributed by atoms with E-state index in [-0.39, 0.29) is 18.0 Å². The largest absolute Gasteiger partial charge is 0.486 e. The molecule has 0 bridgehead atoms. The first kappa shape index (κ1) is 14.1. The fourth-order valence-electron chi connectivity index (χ4n) is 2.29. The second-order valence-corrected chi connectivity index (χ2v) is 5.59. The molecule has 1 aliphatic heterocycles. The summed E-state index contributed by atoms with van der Waals surface area (Å²) in [7, 11) is 0. The van der Waals surface area contributed by atoms with Crippen LogP contribution < -0.4 is 15.4 Å². The number of nitrogens with zero attached hydrogens (tertiary/aromatic N) is 1. The lowest BCUT2D eigenvalue weighted by Crippen LogP contribution is -2.47. The summed E-state index contributed by atoms with van der Waals surface area (Å²) in [4.78, 5) is 2.15. The highest BCUT2D eigenvalue weighted by molar-refractivity contribution is 5.60. The normalized spacial score (nSPS) is 20.1. The minimum atomic E-state index is -0.236. The Balaban J connectivity index is 2.28. The van der Waals surface area contributed by atoms with Crippen molar-refractivity contribution < 1.29 is 9.13 Å². The topological polar surface area (TPSA) is 38.5 Å². The molecule has 2 unspecified atom stereocenters. The van der Waals surface area contributed by atoms with Gasteiger partial charge in [-0.05, 0) is 24.5 Å². The molecule has 1 aliphatic rings. The molecule has 2 rings (SSSR count). The maximum absolute atomic E-state index is 13.4. The zero-order valence-corrected chi connectivity index (χ0v) is 11.9. The third-order valence-corrected chi connectivity index (χ3v) is 3.66. The fraction of sp³-hybridized carbons (Fsp3) is 0.600. The molecule has 0 fully saturated rings. The van der Waals surface area contributed by atoms with E-state index in [0.29, 0.717) is 5.92 Å². The summed E-state index contributed by atoms with van der Waals surface area (Å²) in [6, 6.07) is 4.79. The molecule has 106 valence electrons. The number of anilines is 1. The van der Waals surface area contributed by atoms with E-state index in [1.54, 1.807) is 6.07 Å². The van der Waals surface area contributed by atoms with Gasteiger partial charge in [-0.3, -0.25) is 0 Å². The van der Waals surface area contributed by atoms with E-state index < -0.39 is 0 Å². The van der Waals surface area contributed by atoms with Crippen molar-refractivity contribution in [2.45, 2.75) is 39.3 Å². The van der Waals surface area contributed by atoms with E-state index in [2.05, 4.69) is 25.7 Å². The molecular weight excluding hydrogens is 243 g/mol. The first-order chi connectivity index (χ1) is 9.01.